The van der Waals surface area contributed by atoms with Gasteiger partial charge in [0.2, 0.25) is 0 Å². The van der Waals surface area contributed by atoms with Gasteiger partial charge in [0.25, 0.3) is 5.91 Å². The third kappa shape index (κ3) is 3.55. The Morgan fingerprint density at radius 1 is 1.32 bits per heavy atom. The molecule has 0 radical (unpaired) electrons. The molecule has 1 amide bonds. The molecular weight excluding hydrogens is 241 g/mol. The number of hydrogen-bond acceptors (Lipinski definition) is 1. The fourth-order valence-corrected chi connectivity index (χ4v) is 2.78. The average Bonchev–Trinajstić information content (AvgIpc) is 2.75. The van der Waals surface area contributed by atoms with Crippen LogP contribution in [0.3, 0.4) is 0 Å². The number of benzene rings is 1. The Balaban J connectivity index is 2.11. The highest BCUT2D eigenvalue weighted by molar-refractivity contribution is 5.94. The molecule has 0 spiro atoms. The van der Waals surface area contributed by atoms with Crippen LogP contribution in [0.4, 0.5) is 4.39 Å². The first-order valence-electron chi connectivity index (χ1n) is 6.93. The molecule has 1 aromatic carbocycles. The summed E-state index contributed by atoms with van der Waals surface area (Å²) in [5.74, 6) is -0.268. The van der Waals surface area contributed by atoms with Crippen molar-refractivity contribution in [3.05, 3.63) is 35.6 Å². The van der Waals surface area contributed by atoms with Crippen molar-refractivity contribution in [2.24, 2.45) is 5.41 Å². The zero-order valence-electron chi connectivity index (χ0n) is 11.9. The minimum atomic E-state index is -0.302. The number of likely N-dealkylation sites (tertiary alicyclic amines) is 1. The molecule has 1 aromatic rings. The van der Waals surface area contributed by atoms with Crippen LogP contribution in [0.25, 0.3) is 0 Å². The fourth-order valence-electron chi connectivity index (χ4n) is 2.78. The molecule has 1 saturated heterocycles. The van der Waals surface area contributed by atoms with Crippen LogP contribution in [0.15, 0.2) is 24.3 Å². The highest BCUT2D eigenvalue weighted by Crippen LogP contribution is 2.30. The van der Waals surface area contributed by atoms with Crippen LogP contribution in [0.5, 0.6) is 0 Å². The van der Waals surface area contributed by atoms with Gasteiger partial charge in [-0.2, -0.15) is 0 Å². The Morgan fingerprint density at radius 2 is 1.95 bits per heavy atom. The second kappa shape index (κ2) is 5.32. The maximum absolute atomic E-state index is 12.9. The van der Waals surface area contributed by atoms with Gasteiger partial charge in [-0.15, -0.1) is 0 Å². The topological polar surface area (TPSA) is 20.3 Å². The van der Waals surface area contributed by atoms with Crippen molar-refractivity contribution in [1.82, 2.24) is 4.90 Å². The van der Waals surface area contributed by atoms with E-state index >= 15 is 0 Å². The van der Waals surface area contributed by atoms with E-state index in [2.05, 4.69) is 20.8 Å². The molecule has 1 heterocycles. The van der Waals surface area contributed by atoms with Gasteiger partial charge < -0.3 is 4.90 Å². The summed E-state index contributed by atoms with van der Waals surface area (Å²) in [7, 11) is 0. The van der Waals surface area contributed by atoms with Crippen LogP contribution in [-0.4, -0.2) is 23.4 Å². The van der Waals surface area contributed by atoms with Gasteiger partial charge in [-0.25, -0.2) is 4.39 Å². The lowest BCUT2D eigenvalue weighted by atomic mass is 9.87. The second-order valence-corrected chi connectivity index (χ2v) is 6.57. The maximum atomic E-state index is 12.9. The van der Waals surface area contributed by atoms with Crippen LogP contribution in [0, 0.1) is 11.2 Å². The lowest BCUT2D eigenvalue weighted by Crippen LogP contribution is -2.37. The van der Waals surface area contributed by atoms with Crippen molar-refractivity contribution in [3.8, 4) is 0 Å². The number of carbonyl (C=O) groups is 1. The summed E-state index contributed by atoms with van der Waals surface area (Å²) in [4.78, 5) is 14.4. The fraction of sp³-hybridized carbons (Fsp3) is 0.562. The highest BCUT2D eigenvalue weighted by Gasteiger charge is 2.32. The molecule has 0 N–H and O–H groups in total. The summed E-state index contributed by atoms with van der Waals surface area (Å²) in [6, 6.07) is 6.16. The van der Waals surface area contributed by atoms with Crippen molar-refractivity contribution in [3.63, 3.8) is 0 Å². The highest BCUT2D eigenvalue weighted by atomic mass is 19.1. The number of nitrogens with zero attached hydrogens (tertiary/aromatic N) is 1. The zero-order chi connectivity index (χ0) is 14.0. The minimum Gasteiger partial charge on any atom is -0.336 e. The van der Waals surface area contributed by atoms with Gasteiger partial charge >= 0.3 is 0 Å². The van der Waals surface area contributed by atoms with Gasteiger partial charge in [-0.1, -0.05) is 20.8 Å². The molecule has 1 atom stereocenters. The summed E-state index contributed by atoms with van der Waals surface area (Å²) in [6.07, 6.45) is 3.15. The molecule has 104 valence electrons. The van der Waals surface area contributed by atoms with Gasteiger partial charge in [0, 0.05) is 18.2 Å². The van der Waals surface area contributed by atoms with E-state index in [1.165, 1.54) is 12.1 Å². The first-order chi connectivity index (χ1) is 8.87. The molecule has 19 heavy (non-hydrogen) atoms. The molecule has 3 heteroatoms. The number of rotatable bonds is 2. The van der Waals surface area contributed by atoms with Crippen molar-refractivity contribution in [1.29, 1.82) is 0 Å². The largest absolute Gasteiger partial charge is 0.336 e. The Bertz CT molecular complexity index is 447. The first kappa shape index (κ1) is 14.0. The molecule has 0 saturated carbocycles. The lowest BCUT2D eigenvalue weighted by Gasteiger charge is -2.30. The molecule has 0 unspecified atom stereocenters. The van der Waals surface area contributed by atoms with Crippen LogP contribution < -0.4 is 0 Å². The van der Waals surface area contributed by atoms with Gasteiger partial charge in [0.1, 0.15) is 5.82 Å². The normalized spacial score (nSPS) is 19.8. The predicted molar refractivity (Wildman–Crippen MR) is 74.5 cm³/mol. The minimum absolute atomic E-state index is 0.0340. The summed E-state index contributed by atoms with van der Waals surface area (Å²) < 4.78 is 12.9. The monoisotopic (exact) mass is 263 g/mol. The molecular formula is C16H22FNO. The number of carbonyl (C=O) groups excluding carboxylic acids is 1. The van der Waals surface area contributed by atoms with E-state index in [-0.39, 0.29) is 17.1 Å². The molecule has 0 aromatic heterocycles. The van der Waals surface area contributed by atoms with E-state index < -0.39 is 0 Å². The Labute approximate surface area is 114 Å². The maximum Gasteiger partial charge on any atom is 0.254 e. The van der Waals surface area contributed by atoms with E-state index in [1.807, 2.05) is 4.90 Å². The van der Waals surface area contributed by atoms with Crippen LogP contribution in [0.1, 0.15) is 50.4 Å². The van der Waals surface area contributed by atoms with Gasteiger partial charge in [0.15, 0.2) is 0 Å². The quantitative estimate of drug-likeness (QED) is 0.793. The van der Waals surface area contributed by atoms with E-state index in [0.29, 0.717) is 11.6 Å². The van der Waals surface area contributed by atoms with Crippen LogP contribution >= 0.6 is 0 Å². The number of amides is 1. The van der Waals surface area contributed by atoms with Crippen LogP contribution in [-0.2, 0) is 0 Å². The Morgan fingerprint density at radius 3 is 2.53 bits per heavy atom. The van der Waals surface area contributed by atoms with E-state index in [9.17, 15) is 9.18 Å². The van der Waals surface area contributed by atoms with Gasteiger partial charge in [-0.3, -0.25) is 4.79 Å². The van der Waals surface area contributed by atoms with Gasteiger partial charge in [0.05, 0.1) is 0 Å². The molecule has 0 aliphatic carbocycles. The van der Waals surface area contributed by atoms with E-state index in [0.717, 1.165) is 25.8 Å². The van der Waals surface area contributed by atoms with Crippen LogP contribution in [0.2, 0.25) is 0 Å². The molecule has 2 rings (SSSR count). The molecule has 2 nitrogen and oxygen atoms in total. The molecule has 1 fully saturated rings. The van der Waals surface area contributed by atoms with E-state index in [1.54, 1.807) is 12.1 Å². The summed E-state index contributed by atoms with van der Waals surface area (Å²) in [6.45, 7) is 7.42. The summed E-state index contributed by atoms with van der Waals surface area (Å²) >= 11 is 0. The third-order valence-electron chi connectivity index (χ3n) is 3.58. The van der Waals surface area contributed by atoms with E-state index in [4.69, 9.17) is 0 Å². The predicted octanol–water partition coefficient (Wildman–Crippen LogP) is 3.87. The number of hydrogen-bond donors (Lipinski definition) is 0. The molecule has 0 bridgehead atoms. The first-order valence-corrected chi connectivity index (χ1v) is 6.93. The van der Waals surface area contributed by atoms with Crippen molar-refractivity contribution < 1.29 is 9.18 Å². The molecule has 1 aliphatic heterocycles. The Hall–Kier alpha value is -1.38. The summed E-state index contributed by atoms with van der Waals surface area (Å²) in [5, 5.41) is 0. The zero-order valence-corrected chi connectivity index (χ0v) is 11.9. The number of halogens is 1. The SMILES string of the molecule is CC(C)(C)C[C@@H]1CCCN1C(=O)c1ccc(F)cc1. The second-order valence-electron chi connectivity index (χ2n) is 6.57. The lowest BCUT2D eigenvalue weighted by molar-refractivity contribution is 0.0704. The average molecular weight is 263 g/mol. The molecule has 1 aliphatic rings. The third-order valence-corrected chi connectivity index (χ3v) is 3.58. The Kier molecular flexibility index (Phi) is 3.93. The van der Waals surface area contributed by atoms with Gasteiger partial charge in [-0.05, 0) is 48.9 Å². The van der Waals surface area contributed by atoms with Crippen molar-refractivity contribution >= 4 is 5.91 Å². The van der Waals surface area contributed by atoms with Crippen molar-refractivity contribution in [2.75, 3.05) is 6.54 Å². The summed E-state index contributed by atoms with van der Waals surface area (Å²) in [5.41, 5.74) is 0.804. The van der Waals surface area contributed by atoms with Crippen molar-refractivity contribution in [2.45, 2.75) is 46.1 Å². The smallest absolute Gasteiger partial charge is 0.254 e. The standard InChI is InChI=1S/C16H22FNO/c1-16(2,3)11-14-5-4-10-18(14)15(19)12-6-8-13(17)9-7-12/h6-9,14H,4-5,10-11H2,1-3H3/t14-/m0/s1.